The molecule has 1 saturated heterocycles. The zero-order chi connectivity index (χ0) is 17.4. The van der Waals surface area contributed by atoms with Crippen LogP contribution >= 0.6 is 11.3 Å². The first-order valence-electron chi connectivity index (χ1n) is 8.65. The largest absolute Gasteiger partial charge is 0.508 e. The Morgan fingerprint density at radius 2 is 2.08 bits per heavy atom. The minimum atomic E-state index is 0.276. The standard InChI is InChI=1S/C20H22N2O2S/c1-13-10-18(14(2)22(13)11-17-4-3-9-24-17)19-12-25-20(21-19)15-5-7-16(23)8-6-15/h5-8,10,12,17,23H,3-4,9,11H2,1-2H3/t17-/m0/s1. The quantitative estimate of drug-likeness (QED) is 0.733. The van der Waals surface area contributed by atoms with Crippen molar-refractivity contribution in [3.05, 3.63) is 47.1 Å². The molecule has 0 bridgehead atoms. The van der Waals surface area contributed by atoms with E-state index in [0.29, 0.717) is 6.10 Å². The van der Waals surface area contributed by atoms with Gasteiger partial charge in [-0.25, -0.2) is 4.98 Å². The number of benzene rings is 1. The van der Waals surface area contributed by atoms with Crippen molar-refractivity contribution in [1.82, 2.24) is 9.55 Å². The van der Waals surface area contributed by atoms with Crippen LogP contribution in [-0.4, -0.2) is 27.4 Å². The van der Waals surface area contributed by atoms with Crippen LogP contribution in [0.1, 0.15) is 24.2 Å². The summed E-state index contributed by atoms with van der Waals surface area (Å²) in [6.07, 6.45) is 2.65. The summed E-state index contributed by atoms with van der Waals surface area (Å²) in [6.45, 7) is 6.13. The Labute approximate surface area is 151 Å². The van der Waals surface area contributed by atoms with Gasteiger partial charge in [-0.15, -0.1) is 11.3 Å². The zero-order valence-corrected chi connectivity index (χ0v) is 15.3. The summed E-state index contributed by atoms with van der Waals surface area (Å²) in [7, 11) is 0. The Morgan fingerprint density at radius 1 is 1.28 bits per heavy atom. The normalized spacial score (nSPS) is 17.3. The van der Waals surface area contributed by atoms with Gasteiger partial charge in [0.05, 0.1) is 11.8 Å². The molecular weight excluding hydrogens is 332 g/mol. The highest BCUT2D eigenvalue weighted by atomic mass is 32.1. The van der Waals surface area contributed by atoms with Gasteiger partial charge in [0.25, 0.3) is 0 Å². The SMILES string of the molecule is Cc1cc(-c2csc(-c3ccc(O)cc3)n2)c(C)n1C[C@@H]1CCCO1. The maximum Gasteiger partial charge on any atom is 0.124 e. The van der Waals surface area contributed by atoms with Gasteiger partial charge in [-0.2, -0.15) is 0 Å². The molecule has 25 heavy (non-hydrogen) atoms. The molecule has 4 nitrogen and oxygen atoms in total. The molecule has 1 aromatic carbocycles. The van der Waals surface area contributed by atoms with Crippen molar-refractivity contribution in [3.63, 3.8) is 0 Å². The van der Waals surface area contributed by atoms with E-state index in [2.05, 4.69) is 29.9 Å². The molecule has 1 fully saturated rings. The van der Waals surface area contributed by atoms with Crippen molar-refractivity contribution >= 4 is 11.3 Å². The topological polar surface area (TPSA) is 47.3 Å². The fourth-order valence-electron chi connectivity index (χ4n) is 3.47. The molecule has 5 heteroatoms. The number of thiazole rings is 1. The third-order valence-electron chi connectivity index (χ3n) is 4.88. The molecule has 4 rings (SSSR count). The Kier molecular flexibility index (Phi) is 4.36. The molecule has 2 aromatic heterocycles. The summed E-state index contributed by atoms with van der Waals surface area (Å²) in [5.74, 6) is 0.276. The number of hydrogen-bond donors (Lipinski definition) is 1. The fraction of sp³-hybridized carbons (Fsp3) is 0.350. The van der Waals surface area contributed by atoms with Crippen LogP contribution in [0.5, 0.6) is 5.75 Å². The molecule has 0 unspecified atom stereocenters. The lowest BCUT2D eigenvalue weighted by atomic mass is 10.2. The van der Waals surface area contributed by atoms with E-state index in [4.69, 9.17) is 9.72 Å². The molecule has 1 aliphatic heterocycles. The first-order chi connectivity index (χ1) is 12.1. The van der Waals surface area contributed by atoms with E-state index in [-0.39, 0.29) is 5.75 Å². The number of aryl methyl sites for hydroxylation is 1. The fourth-order valence-corrected chi connectivity index (χ4v) is 4.29. The predicted molar refractivity (Wildman–Crippen MR) is 101 cm³/mol. The minimum absolute atomic E-state index is 0.276. The van der Waals surface area contributed by atoms with Gasteiger partial charge in [0, 0.05) is 41.0 Å². The van der Waals surface area contributed by atoms with Crippen LogP contribution in [0, 0.1) is 13.8 Å². The molecule has 1 atom stereocenters. The van der Waals surface area contributed by atoms with Gasteiger partial charge in [-0.05, 0) is 57.0 Å². The summed E-state index contributed by atoms with van der Waals surface area (Å²) < 4.78 is 8.15. The second kappa shape index (κ2) is 6.65. The highest BCUT2D eigenvalue weighted by Crippen LogP contribution is 2.33. The summed E-state index contributed by atoms with van der Waals surface area (Å²) in [5, 5.41) is 12.5. The first kappa shape index (κ1) is 16.4. The number of nitrogens with zero attached hydrogens (tertiary/aromatic N) is 2. The highest BCUT2D eigenvalue weighted by molar-refractivity contribution is 7.13. The van der Waals surface area contributed by atoms with E-state index in [1.807, 2.05) is 12.1 Å². The Morgan fingerprint density at radius 3 is 2.80 bits per heavy atom. The summed E-state index contributed by atoms with van der Waals surface area (Å²) in [4.78, 5) is 4.82. The smallest absolute Gasteiger partial charge is 0.124 e. The van der Waals surface area contributed by atoms with Crippen LogP contribution in [0.4, 0.5) is 0 Å². The Balaban J connectivity index is 1.63. The van der Waals surface area contributed by atoms with Crippen molar-refractivity contribution in [2.75, 3.05) is 6.61 Å². The predicted octanol–water partition coefficient (Wildman–Crippen LogP) is 4.78. The number of phenols is 1. The average Bonchev–Trinajstić information content (AvgIpc) is 3.33. The molecule has 3 heterocycles. The van der Waals surface area contributed by atoms with Crippen LogP contribution in [0.2, 0.25) is 0 Å². The van der Waals surface area contributed by atoms with Crippen molar-refractivity contribution in [3.8, 4) is 27.6 Å². The van der Waals surface area contributed by atoms with Crippen molar-refractivity contribution in [2.45, 2.75) is 39.3 Å². The van der Waals surface area contributed by atoms with Crippen LogP contribution in [0.25, 0.3) is 21.8 Å². The lowest BCUT2D eigenvalue weighted by Gasteiger charge is -2.14. The number of aromatic hydroxyl groups is 1. The van der Waals surface area contributed by atoms with E-state index < -0.39 is 0 Å². The molecule has 0 aliphatic carbocycles. The molecule has 0 amide bonds. The van der Waals surface area contributed by atoms with Gasteiger partial charge in [-0.1, -0.05) is 0 Å². The van der Waals surface area contributed by atoms with Gasteiger partial charge in [-0.3, -0.25) is 0 Å². The second-order valence-electron chi connectivity index (χ2n) is 6.62. The van der Waals surface area contributed by atoms with E-state index in [0.717, 1.165) is 35.8 Å². The highest BCUT2D eigenvalue weighted by Gasteiger charge is 2.20. The van der Waals surface area contributed by atoms with E-state index in [1.54, 1.807) is 23.5 Å². The first-order valence-corrected chi connectivity index (χ1v) is 9.53. The molecule has 0 radical (unpaired) electrons. The number of rotatable bonds is 4. The zero-order valence-electron chi connectivity index (χ0n) is 14.5. The molecule has 0 spiro atoms. The van der Waals surface area contributed by atoms with Crippen LogP contribution < -0.4 is 0 Å². The third kappa shape index (κ3) is 3.22. The molecule has 1 aliphatic rings. The van der Waals surface area contributed by atoms with E-state index >= 15 is 0 Å². The minimum Gasteiger partial charge on any atom is -0.508 e. The number of ether oxygens (including phenoxy) is 1. The van der Waals surface area contributed by atoms with Gasteiger partial charge in [0.1, 0.15) is 10.8 Å². The van der Waals surface area contributed by atoms with Gasteiger partial charge < -0.3 is 14.4 Å². The molecule has 1 N–H and O–H groups in total. The van der Waals surface area contributed by atoms with Crippen LogP contribution in [0.3, 0.4) is 0 Å². The second-order valence-corrected chi connectivity index (χ2v) is 7.47. The van der Waals surface area contributed by atoms with E-state index in [1.165, 1.54) is 23.4 Å². The summed E-state index contributed by atoms with van der Waals surface area (Å²) in [6, 6.07) is 9.42. The van der Waals surface area contributed by atoms with Crippen molar-refractivity contribution in [1.29, 1.82) is 0 Å². The molecule has 130 valence electrons. The van der Waals surface area contributed by atoms with Gasteiger partial charge >= 0.3 is 0 Å². The number of hydrogen-bond acceptors (Lipinski definition) is 4. The van der Waals surface area contributed by atoms with E-state index in [9.17, 15) is 5.11 Å². The average molecular weight is 354 g/mol. The van der Waals surface area contributed by atoms with Gasteiger partial charge in [0.2, 0.25) is 0 Å². The summed E-state index contributed by atoms with van der Waals surface area (Å²) >= 11 is 1.63. The summed E-state index contributed by atoms with van der Waals surface area (Å²) in [5.41, 5.74) is 5.73. The van der Waals surface area contributed by atoms with Crippen LogP contribution in [0.15, 0.2) is 35.7 Å². The maximum atomic E-state index is 9.44. The van der Waals surface area contributed by atoms with Crippen molar-refractivity contribution < 1.29 is 9.84 Å². The van der Waals surface area contributed by atoms with Crippen molar-refractivity contribution in [2.24, 2.45) is 0 Å². The lowest BCUT2D eigenvalue weighted by Crippen LogP contribution is -2.16. The Bertz CT molecular complexity index is 874. The Hall–Kier alpha value is -2.11. The number of aromatic nitrogens is 2. The monoisotopic (exact) mass is 354 g/mol. The van der Waals surface area contributed by atoms with Crippen LogP contribution in [-0.2, 0) is 11.3 Å². The lowest BCUT2D eigenvalue weighted by molar-refractivity contribution is 0.0962. The molecule has 3 aromatic rings. The number of phenolic OH excluding ortho intramolecular Hbond substituents is 1. The van der Waals surface area contributed by atoms with Gasteiger partial charge in [0.15, 0.2) is 0 Å². The third-order valence-corrected chi connectivity index (χ3v) is 5.77. The molecular formula is C20H22N2O2S. The maximum absolute atomic E-state index is 9.44. The molecule has 0 saturated carbocycles.